The van der Waals surface area contributed by atoms with Gasteiger partial charge in [-0.05, 0) is 25.7 Å². The highest BCUT2D eigenvalue weighted by atomic mass is 16.1. The molecule has 0 aliphatic heterocycles. The molecule has 0 spiro atoms. The minimum Gasteiger partial charge on any atom is -0.368 e. The third kappa shape index (κ3) is 2.71. The Hall–Kier alpha value is -0.570. The molecule has 0 radical (unpaired) electrons. The van der Waals surface area contributed by atoms with E-state index in [1.165, 1.54) is 12.8 Å². The molecule has 1 fully saturated rings. The molecule has 1 aliphatic carbocycles. The first-order valence-corrected chi connectivity index (χ1v) is 5.72. The molecule has 3 nitrogen and oxygen atoms in total. The van der Waals surface area contributed by atoms with Crippen molar-refractivity contribution in [2.24, 2.45) is 5.73 Å². The normalized spacial score (nSPS) is 20.4. The standard InChI is InChI=1S/C11H22N2O/c1-3-5-8-11(4-2,10(12)14)13-9-6-7-9/h9,13H,3-8H2,1-2H3,(H2,12,14). The van der Waals surface area contributed by atoms with E-state index in [0.29, 0.717) is 6.04 Å². The summed E-state index contributed by atoms with van der Waals surface area (Å²) in [6.45, 7) is 4.17. The van der Waals surface area contributed by atoms with Crippen LogP contribution in [0.3, 0.4) is 0 Å². The topological polar surface area (TPSA) is 55.1 Å². The largest absolute Gasteiger partial charge is 0.368 e. The first-order valence-electron chi connectivity index (χ1n) is 5.72. The number of primary amides is 1. The SMILES string of the molecule is CCCCC(CC)(NC1CC1)C(N)=O. The van der Waals surface area contributed by atoms with E-state index in [2.05, 4.69) is 12.2 Å². The molecule has 0 saturated heterocycles. The highest BCUT2D eigenvalue weighted by Crippen LogP contribution is 2.27. The Kier molecular flexibility index (Phi) is 3.93. The van der Waals surface area contributed by atoms with Gasteiger partial charge in [-0.25, -0.2) is 0 Å². The second kappa shape index (κ2) is 4.78. The number of hydrogen-bond donors (Lipinski definition) is 2. The third-order valence-electron chi connectivity index (χ3n) is 3.09. The second-order valence-electron chi connectivity index (χ2n) is 4.32. The van der Waals surface area contributed by atoms with Crippen LogP contribution in [0, 0.1) is 0 Å². The van der Waals surface area contributed by atoms with E-state index in [-0.39, 0.29) is 5.91 Å². The predicted octanol–water partition coefficient (Wildman–Crippen LogP) is 1.56. The minimum absolute atomic E-state index is 0.180. The van der Waals surface area contributed by atoms with E-state index >= 15 is 0 Å². The highest BCUT2D eigenvalue weighted by Gasteiger charge is 2.38. The van der Waals surface area contributed by atoms with E-state index in [1.54, 1.807) is 0 Å². The molecule has 0 aromatic carbocycles. The van der Waals surface area contributed by atoms with Crippen LogP contribution in [-0.4, -0.2) is 17.5 Å². The number of carbonyl (C=O) groups is 1. The van der Waals surface area contributed by atoms with Gasteiger partial charge in [0.15, 0.2) is 0 Å². The minimum atomic E-state index is -0.433. The van der Waals surface area contributed by atoms with Gasteiger partial charge in [-0.3, -0.25) is 4.79 Å². The summed E-state index contributed by atoms with van der Waals surface area (Å²) in [5, 5.41) is 3.41. The van der Waals surface area contributed by atoms with Crippen molar-refractivity contribution in [2.75, 3.05) is 0 Å². The number of nitrogens with one attached hydrogen (secondary N) is 1. The van der Waals surface area contributed by atoms with Gasteiger partial charge in [0.2, 0.25) is 5.91 Å². The van der Waals surface area contributed by atoms with E-state index in [9.17, 15) is 4.79 Å². The van der Waals surface area contributed by atoms with Crippen LogP contribution in [0.2, 0.25) is 0 Å². The lowest BCUT2D eigenvalue weighted by Crippen LogP contribution is -2.55. The molecule has 0 aromatic heterocycles. The Balaban J connectivity index is 2.57. The van der Waals surface area contributed by atoms with E-state index < -0.39 is 5.54 Å². The van der Waals surface area contributed by atoms with Crippen molar-refractivity contribution in [2.45, 2.75) is 64.0 Å². The lowest BCUT2D eigenvalue weighted by Gasteiger charge is -2.30. The Morgan fingerprint density at radius 1 is 1.50 bits per heavy atom. The summed E-state index contributed by atoms with van der Waals surface area (Å²) in [7, 11) is 0. The van der Waals surface area contributed by atoms with Gasteiger partial charge in [0.1, 0.15) is 0 Å². The summed E-state index contributed by atoms with van der Waals surface area (Å²) < 4.78 is 0. The van der Waals surface area contributed by atoms with Crippen LogP contribution in [0.25, 0.3) is 0 Å². The summed E-state index contributed by atoms with van der Waals surface area (Å²) in [5.41, 5.74) is 5.06. The second-order valence-corrected chi connectivity index (χ2v) is 4.32. The smallest absolute Gasteiger partial charge is 0.237 e. The summed E-state index contributed by atoms with van der Waals surface area (Å²) in [4.78, 5) is 11.5. The van der Waals surface area contributed by atoms with Crippen molar-refractivity contribution in [1.29, 1.82) is 0 Å². The molecule has 1 amide bonds. The van der Waals surface area contributed by atoms with E-state index in [0.717, 1.165) is 25.7 Å². The summed E-state index contributed by atoms with van der Waals surface area (Å²) in [6, 6.07) is 0.541. The Labute approximate surface area is 86.4 Å². The molecule has 3 N–H and O–H groups in total. The van der Waals surface area contributed by atoms with Gasteiger partial charge < -0.3 is 11.1 Å². The molecule has 0 heterocycles. The number of rotatable bonds is 7. The van der Waals surface area contributed by atoms with Crippen LogP contribution < -0.4 is 11.1 Å². The van der Waals surface area contributed by atoms with Crippen molar-refractivity contribution in [3.63, 3.8) is 0 Å². The van der Waals surface area contributed by atoms with Gasteiger partial charge in [-0.2, -0.15) is 0 Å². The van der Waals surface area contributed by atoms with Crippen LogP contribution in [0.1, 0.15) is 52.4 Å². The fraction of sp³-hybridized carbons (Fsp3) is 0.909. The number of nitrogens with two attached hydrogens (primary N) is 1. The maximum Gasteiger partial charge on any atom is 0.237 e. The first kappa shape index (κ1) is 11.5. The maximum atomic E-state index is 11.5. The summed E-state index contributed by atoms with van der Waals surface area (Å²) in [6.07, 6.45) is 6.25. The molecular weight excluding hydrogens is 176 g/mol. The molecule has 0 bridgehead atoms. The Morgan fingerprint density at radius 3 is 2.50 bits per heavy atom. The summed E-state index contributed by atoms with van der Waals surface area (Å²) in [5.74, 6) is -0.180. The molecule has 1 unspecified atom stereocenters. The van der Waals surface area contributed by atoms with Gasteiger partial charge in [-0.15, -0.1) is 0 Å². The predicted molar refractivity (Wildman–Crippen MR) is 57.9 cm³/mol. The zero-order valence-electron chi connectivity index (χ0n) is 9.31. The molecule has 82 valence electrons. The summed E-state index contributed by atoms with van der Waals surface area (Å²) >= 11 is 0. The molecule has 1 atom stereocenters. The molecule has 1 aliphatic rings. The van der Waals surface area contributed by atoms with Crippen LogP contribution in [0.15, 0.2) is 0 Å². The maximum absolute atomic E-state index is 11.5. The number of amides is 1. The fourth-order valence-electron chi connectivity index (χ4n) is 1.82. The van der Waals surface area contributed by atoms with Gasteiger partial charge in [-0.1, -0.05) is 26.7 Å². The third-order valence-corrected chi connectivity index (χ3v) is 3.09. The monoisotopic (exact) mass is 198 g/mol. The van der Waals surface area contributed by atoms with Crippen molar-refractivity contribution < 1.29 is 4.79 Å². The molecule has 0 aromatic rings. The Morgan fingerprint density at radius 2 is 2.14 bits per heavy atom. The highest BCUT2D eigenvalue weighted by molar-refractivity contribution is 5.84. The van der Waals surface area contributed by atoms with Crippen molar-refractivity contribution >= 4 is 5.91 Å². The van der Waals surface area contributed by atoms with Crippen LogP contribution in [0.4, 0.5) is 0 Å². The zero-order chi connectivity index (χ0) is 10.6. The van der Waals surface area contributed by atoms with Gasteiger partial charge in [0, 0.05) is 6.04 Å². The lowest BCUT2D eigenvalue weighted by molar-refractivity contribution is -0.125. The molecule has 1 saturated carbocycles. The molecule has 3 heteroatoms. The number of carbonyl (C=O) groups excluding carboxylic acids is 1. The molecule has 1 rings (SSSR count). The molecular formula is C11H22N2O. The fourth-order valence-corrected chi connectivity index (χ4v) is 1.82. The number of unbranched alkanes of at least 4 members (excludes halogenated alkanes) is 1. The van der Waals surface area contributed by atoms with E-state index in [1.807, 2.05) is 6.92 Å². The number of hydrogen-bond acceptors (Lipinski definition) is 2. The first-order chi connectivity index (χ1) is 6.64. The van der Waals surface area contributed by atoms with Gasteiger partial charge in [0.05, 0.1) is 5.54 Å². The van der Waals surface area contributed by atoms with Crippen molar-refractivity contribution in [3.8, 4) is 0 Å². The van der Waals surface area contributed by atoms with Gasteiger partial charge >= 0.3 is 0 Å². The van der Waals surface area contributed by atoms with E-state index in [4.69, 9.17) is 5.73 Å². The quantitative estimate of drug-likeness (QED) is 0.652. The lowest BCUT2D eigenvalue weighted by atomic mass is 9.88. The van der Waals surface area contributed by atoms with Crippen LogP contribution >= 0.6 is 0 Å². The average Bonchev–Trinajstić information content (AvgIpc) is 2.95. The van der Waals surface area contributed by atoms with Gasteiger partial charge in [0.25, 0.3) is 0 Å². The average molecular weight is 198 g/mol. The zero-order valence-corrected chi connectivity index (χ0v) is 9.31. The van der Waals surface area contributed by atoms with Crippen LogP contribution in [0.5, 0.6) is 0 Å². The van der Waals surface area contributed by atoms with Crippen LogP contribution in [-0.2, 0) is 4.79 Å². The Bertz CT molecular complexity index is 201. The van der Waals surface area contributed by atoms with Crippen molar-refractivity contribution in [1.82, 2.24) is 5.32 Å². The van der Waals surface area contributed by atoms with Crippen molar-refractivity contribution in [3.05, 3.63) is 0 Å². The molecule has 14 heavy (non-hydrogen) atoms.